The largest absolute Gasteiger partial charge is 0.352 e. The number of carbonyl (C=O) groups excluding carboxylic acids is 2. The Balaban J connectivity index is 1.90. The number of carbonyl (C=O) groups is 2. The van der Waals surface area contributed by atoms with Crippen LogP contribution in [0.3, 0.4) is 0 Å². The van der Waals surface area contributed by atoms with Crippen molar-refractivity contribution < 1.29 is 18.0 Å². The van der Waals surface area contributed by atoms with Crippen molar-refractivity contribution in [2.45, 2.75) is 72.0 Å². The summed E-state index contributed by atoms with van der Waals surface area (Å²) in [5.74, 6) is -0.441. The van der Waals surface area contributed by atoms with E-state index in [9.17, 15) is 18.0 Å². The number of halogens is 1. The molecule has 2 amide bonds. The average Bonchev–Trinajstić information content (AvgIpc) is 2.95. The first-order valence-corrected chi connectivity index (χ1v) is 16.5. The predicted octanol–water partition coefficient (Wildman–Crippen LogP) is 6.06. The standard InChI is InChI=1S/C33H42ClN3O4S/c1-6-26(4)35-33(39)31(22-27-11-8-7-9-12-27)36(23-28-16-18-29(34)19-17-28)32(38)13-10-20-37(42(5,40)41)30-21-24(2)14-15-25(30)3/h7-9,11-12,14-19,21,26,31H,6,10,13,20,22-23H2,1-5H3,(H,35,39)/t26-,31+/m0/s1. The zero-order valence-electron chi connectivity index (χ0n) is 25.1. The van der Waals surface area contributed by atoms with Crippen LogP contribution in [-0.4, -0.2) is 50.0 Å². The molecule has 0 bridgehead atoms. The van der Waals surface area contributed by atoms with E-state index >= 15 is 0 Å². The van der Waals surface area contributed by atoms with Gasteiger partial charge in [-0.3, -0.25) is 13.9 Å². The minimum atomic E-state index is -3.58. The van der Waals surface area contributed by atoms with E-state index in [0.717, 1.165) is 28.7 Å². The molecule has 3 rings (SSSR count). The first-order chi connectivity index (χ1) is 19.9. The molecule has 0 aliphatic heterocycles. The van der Waals surface area contributed by atoms with Gasteiger partial charge in [-0.15, -0.1) is 0 Å². The van der Waals surface area contributed by atoms with Gasteiger partial charge >= 0.3 is 0 Å². The Morgan fingerprint density at radius 3 is 2.24 bits per heavy atom. The second-order valence-electron chi connectivity index (χ2n) is 10.9. The molecule has 0 saturated heterocycles. The molecule has 0 spiro atoms. The summed E-state index contributed by atoms with van der Waals surface area (Å²) in [5, 5.41) is 3.65. The maximum atomic E-state index is 13.9. The molecule has 0 aliphatic carbocycles. The van der Waals surface area contributed by atoms with Gasteiger partial charge in [-0.1, -0.05) is 73.1 Å². The summed E-state index contributed by atoms with van der Waals surface area (Å²) in [6.45, 7) is 8.09. The van der Waals surface area contributed by atoms with Crippen LogP contribution in [0, 0.1) is 13.8 Å². The lowest BCUT2D eigenvalue weighted by atomic mass is 10.0. The third-order valence-electron chi connectivity index (χ3n) is 7.32. The fourth-order valence-corrected chi connectivity index (χ4v) is 5.89. The van der Waals surface area contributed by atoms with Crippen LogP contribution in [0.2, 0.25) is 5.02 Å². The molecule has 0 aromatic heterocycles. The first-order valence-electron chi connectivity index (χ1n) is 14.3. The number of sulfonamides is 1. The van der Waals surface area contributed by atoms with E-state index in [-0.39, 0.29) is 37.4 Å². The van der Waals surface area contributed by atoms with Crippen molar-refractivity contribution in [3.05, 3.63) is 100 Å². The molecule has 0 saturated carbocycles. The van der Waals surface area contributed by atoms with Crippen LogP contribution in [0.25, 0.3) is 0 Å². The Bertz CT molecular complexity index is 1450. The number of benzene rings is 3. The highest BCUT2D eigenvalue weighted by atomic mass is 35.5. The average molecular weight is 612 g/mol. The number of nitrogens with one attached hydrogen (secondary N) is 1. The number of aryl methyl sites for hydroxylation is 2. The van der Waals surface area contributed by atoms with Crippen molar-refractivity contribution in [3.63, 3.8) is 0 Å². The van der Waals surface area contributed by atoms with Crippen LogP contribution in [0.15, 0.2) is 72.8 Å². The molecule has 9 heteroatoms. The van der Waals surface area contributed by atoms with Gasteiger partial charge in [0.25, 0.3) is 0 Å². The molecule has 1 N–H and O–H groups in total. The Morgan fingerprint density at radius 2 is 1.62 bits per heavy atom. The Hall–Kier alpha value is -3.36. The Morgan fingerprint density at radius 1 is 0.952 bits per heavy atom. The lowest BCUT2D eigenvalue weighted by Crippen LogP contribution is -2.52. The number of anilines is 1. The number of rotatable bonds is 14. The molecular formula is C33H42ClN3O4S. The number of hydrogen-bond acceptors (Lipinski definition) is 4. The van der Waals surface area contributed by atoms with Crippen LogP contribution >= 0.6 is 11.6 Å². The van der Waals surface area contributed by atoms with E-state index in [1.165, 1.54) is 10.6 Å². The Labute approximate surface area is 255 Å². The number of hydrogen-bond donors (Lipinski definition) is 1. The van der Waals surface area contributed by atoms with Gasteiger partial charge in [-0.05, 0) is 74.1 Å². The molecule has 3 aromatic rings. The maximum Gasteiger partial charge on any atom is 0.243 e. The van der Waals surface area contributed by atoms with Gasteiger partial charge in [0.2, 0.25) is 21.8 Å². The summed E-state index contributed by atoms with van der Waals surface area (Å²) < 4.78 is 26.9. The smallest absolute Gasteiger partial charge is 0.243 e. The molecule has 0 aliphatic rings. The summed E-state index contributed by atoms with van der Waals surface area (Å²) >= 11 is 6.11. The monoisotopic (exact) mass is 611 g/mol. The van der Waals surface area contributed by atoms with Gasteiger partial charge < -0.3 is 10.2 Å². The Kier molecular flexibility index (Phi) is 12.0. The maximum absolute atomic E-state index is 13.9. The van der Waals surface area contributed by atoms with Crippen LogP contribution < -0.4 is 9.62 Å². The van der Waals surface area contributed by atoms with Gasteiger partial charge in [0.15, 0.2) is 0 Å². The second-order valence-corrected chi connectivity index (χ2v) is 13.2. The van der Waals surface area contributed by atoms with Gasteiger partial charge in [0.05, 0.1) is 11.9 Å². The third-order valence-corrected chi connectivity index (χ3v) is 8.76. The summed E-state index contributed by atoms with van der Waals surface area (Å²) in [6, 6.07) is 21.7. The summed E-state index contributed by atoms with van der Waals surface area (Å²) in [4.78, 5) is 29.2. The normalized spacial score (nSPS) is 12.8. The highest BCUT2D eigenvalue weighted by Crippen LogP contribution is 2.25. The lowest BCUT2D eigenvalue weighted by Gasteiger charge is -2.33. The first kappa shape index (κ1) is 33.1. The lowest BCUT2D eigenvalue weighted by molar-refractivity contribution is -0.141. The van der Waals surface area contributed by atoms with Crippen molar-refractivity contribution in [2.24, 2.45) is 0 Å². The number of nitrogens with zero attached hydrogens (tertiary/aromatic N) is 2. The van der Waals surface area contributed by atoms with Crippen molar-refractivity contribution >= 4 is 39.1 Å². The molecule has 226 valence electrons. The molecule has 0 heterocycles. The van der Waals surface area contributed by atoms with Gasteiger partial charge in [0.1, 0.15) is 6.04 Å². The molecular weight excluding hydrogens is 570 g/mol. The quantitative estimate of drug-likeness (QED) is 0.240. The predicted molar refractivity (Wildman–Crippen MR) is 171 cm³/mol. The van der Waals surface area contributed by atoms with E-state index in [1.54, 1.807) is 17.0 Å². The molecule has 0 radical (unpaired) electrons. The summed E-state index contributed by atoms with van der Waals surface area (Å²) in [5.41, 5.74) is 4.18. The van der Waals surface area contributed by atoms with Crippen molar-refractivity contribution in [3.8, 4) is 0 Å². The van der Waals surface area contributed by atoms with Crippen LogP contribution in [0.4, 0.5) is 5.69 Å². The van der Waals surface area contributed by atoms with E-state index < -0.39 is 16.1 Å². The van der Waals surface area contributed by atoms with E-state index in [2.05, 4.69) is 5.32 Å². The molecule has 0 unspecified atom stereocenters. The van der Waals surface area contributed by atoms with Crippen LogP contribution in [0.1, 0.15) is 55.4 Å². The molecule has 3 aromatic carbocycles. The van der Waals surface area contributed by atoms with E-state index in [4.69, 9.17) is 11.6 Å². The van der Waals surface area contributed by atoms with Gasteiger partial charge in [-0.25, -0.2) is 8.42 Å². The van der Waals surface area contributed by atoms with Crippen molar-refractivity contribution in [1.29, 1.82) is 0 Å². The molecule has 0 fully saturated rings. The molecule has 42 heavy (non-hydrogen) atoms. The van der Waals surface area contributed by atoms with Crippen molar-refractivity contribution in [2.75, 3.05) is 17.1 Å². The minimum Gasteiger partial charge on any atom is -0.352 e. The van der Waals surface area contributed by atoms with E-state index in [1.807, 2.05) is 88.4 Å². The highest BCUT2D eigenvalue weighted by molar-refractivity contribution is 7.92. The van der Waals surface area contributed by atoms with Crippen LogP contribution in [0.5, 0.6) is 0 Å². The topological polar surface area (TPSA) is 86.8 Å². The van der Waals surface area contributed by atoms with E-state index in [0.29, 0.717) is 23.6 Å². The van der Waals surface area contributed by atoms with Gasteiger partial charge in [-0.2, -0.15) is 0 Å². The molecule has 2 atom stereocenters. The summed E-state index contributed by atoms with van der Waals surface area (Å²) in [7, 11) is -3.58. The second kappa shape index (κ2) is 15.2. The minimum absolute atomic E-state index is 0.0517. The zero-order chi connectivity index (χ0) is 30.9. The molecule has 7 nitrogen and oxygen atoms in total. The van der Waals surface area contributed by atoms with Crippen molar-refractivity contribution in [1.82, 2.24) is 10.2 Å². The highest BCUT2D eigenvalue weighted by Gasteiger charge is 2.31. The van der Waals surface area contributed by atoms with Gasteiger partial charge in [0, 0.05) is 37.0 Å². The third kappa shape index (κ3) is 9.60. The summed E-state index contributed by atoms with van der Waals surface area (Å²) in [6.07, 6.45) is 2.65. The fourth-order valence-electron chi connectivity index (χ4n) is 4.75. The fraction of sp³-hybridized carbons (Fsp3) is 0.394. The van der Waals surface area contributed by atoms with Crippen LogP contribution in [-0.2, 0) is 32.6 Å². The SMILES string of the molecule is CC[C@H](C)NC(=O)[C@@H](Cc1ccccc1)N(Cc1ccc(Cl)cc1)C(=O)CCCN(c1cc(C)ccc1C)S(C)(=O)=O. The number of amides is 2. The zero-order valence-corrected chi connectivity index (χ0v) is 26.7.